The molecule has 0 aliphatic rings. The molecule has 0 amide bonds. The predicted octanol–water partition coefficient (Wildman–Crippen LogP) is 4.44. The third-order valence-electron chi connectivity index (χ3n) is 2.75. The van der Waals surface area contributed by atoms with Crippen LogP contribution in [0.3, 0.4) is 0 Å². The maximum atomic E-state index is 4.50. The first-order valence-electron chi connectivity index (χ1n) is 6.25. The van der Waals surface area contributed by atoms with Crippen molar-refractivity contribution in [3.8, 4) is 0 Å². The molecule has 0 N–H and O–H groups in total. The largest absolute Gasteiger partial charge is 0.310 e. The van der Waals surface area contributed by atoms with Gasteiger partial charge in [0.05, 0.1) is 5.69 Å². The normalized spacial score (nSPS) is 10.8. The van der Waals surface area contributed by atoms with Crippen molar-refractivity contribution < 1.29 is 0 Å². The topological polar surface area (TPSA) is 15.6 Å². The van der Waals surface area contributed by atoms with Gasteiger partial charge < -0.3 is 4.31 Å². The van der Waals surface area contributed by atoms with Crippen LogP contribution in [0.4, 0.5) is 5.69 Å². The molecule has 0 saturated heterocycles. The van der Waals surface area contributed by atoms with Gasteiger partial charge in [0, 0.05) is 12.8 Å². The third-order valence-corrected chi connectivity index (χ3v) is 3.72. The van der Waals surface area contributed by atoms with E-state index in [-0.39, 0.29) is 0 Å². The lowest BCUT2D eigenvalue weighted by atomic mass is 10.2. The second-order valence-corrected chi connectivity index (χ2v) is 5.46. The minimum Gasteiger partial charge on any atom is -0.310 e. The first kappa shape index (κ1) is 13.7. The highest BCUT2D eigenvalue weighted by molar-refractivity contribution is 7.96. The van der Waals surface area contributed by atoms with Crippen molar-refractivity contribution in [1.82, 2.24) is 4.31 Å². The van der Waals surface area contributed by atoms with Crippen LogP contribution in [0.1, 0.15) is 11.1 Å². The van der Waals surface area contributed by atoms with Crippen LogP contribution in [-0.2, 0) is 5.75 Å². The van der Waals surface area contributed by atoms with E-state index < -0.39 is 0 Å². The first-order valence-corrected chi connectivity index (χ1v) is 7.19. The van der Waals surface area contributed by atoms with Gasteiger partial charge in [-0.15, -0.1) is 0 Å². The summed E-state index contributed by atoms with van der Waals surface area (Å²) in [5.74, 6) is 0.955. The van der Waals surface area contributed by atoms with Gasteiger partial charge in [0.25, 0.3) is 0 Å². The number of hydrogen-bond acceptors (Lipinski definition) is 2. The lowest BCUT2D eigenvalue weighted by Gasteiger charge is -2.11. The first-order chi connectivity index (χ1) is 9.25. The Morgan fingerprint density at radius 2 is 1.74 bits per heavy atom. The minimum atomic E-state index is 0.955. The Bertz CT molecular complexity index is 537. The molecule has 98 valence electrons. The maximum Gasteiger partial charge on any atom is 0.101 e. The zero-order valence-corrected chi connectivity index (χ0v) is 12.1. The fourth-order valence-electron chi connectivity index (χ4n) is 1.64. The molecule has 0 unspecified atom stereocenters. The summed E-state index contributed by atoms with van der Waals surface area (Å²) in [5.41, 5.74) is 3.54. The molecule has 19 heavy (non-hydrogen) atoms. The highest BCUT2D eigenvalue weighted by Crippen LogP contribution is 2.18. The molecule has 0 saturated carbocycles. The quantitative estimate of drug-likeness (QED) is 0.453. The summed E-state index contributed by atoms with van der Waals surface area (Å²) in [6.45, 7) is 2.07. The fourth-order valence-corrected chi connectivity index (χ4v) is 2.29. The molecular formula is C16H18N2S. The number of hydrogen-bond donors (Lipinski definition) is 0. The number of aryl methyl sites for hydroxylation is 1. The van der Waals surface area contributed by atoms with Crippen molar-refractivity contribution in [2.45, 2.75) is 12.7 Å². The molecule has 3 heteroatoms. The number of aliphatic imine (C=N–C) groups is 1. The highest BCUT2D eigenvalue weighted by atomic mass is 32.2. The van der Waals surface area contributed by atoms with Gasteiger partial charge in [-0.25, -0.2) is 4.99 Å². The molecule has 0 bridgehead atoms. The summed E-state index contributed by atoms with van der Waals surface area (Å²) in [6.07, 6.45) is 1.87. The fraction of sp³-hybridized carbons (Fsp3) is 0.188. The molecule has 0 aliphatic heterocycles. The molecule has 2 nitrogen and oxygen atoms in total. The van der Waals surface area contributed by atoms with Crippen molar-refractivity contribution in [3.05, 3.63) is 65.7 Å². The van der Waals surface area contributed by atoms with E-state index in [1.165, 1.54) is 11.1 Å². The second kappa shape index (κ2) is 7.00. The molecule has 2 aromatic carbocycles. The number of benzene rings is 2. The van der Waals surface area contributed by atoms with Gasteiger partial charge in [-0.3, -0.25) is 0 Å². The average Bonchev–Trinajstić information content (AvgIpc) is 2.45. The van der Waals surface area contributed by atoms with E-state index in [9.17, 15) is 0 Å². The highest BCUT2D eigenvalue weighted by Gasteiger charge is 1.97. The van der Waals surface area contributed by atoms with Crippen LogP contribution in [0.2, 0.25) is 0 Å². The Morgan fingerprint density at radius 3 is 2.47 bits per heavy atom. The standard InChI is InChI=1S/C16H18N2S/c1-14-8-6-7-11-16(14)17-13-18(2)19-12-15-9-4-3-5-10-15/h3-11,13H,12H2,1-2H3. The summed E-state index contributed by atoms with van der Waals surface area (Å²) >= 11 is 1.74. The van der Waals surface area contributed by atoms with E-state index in [1.807, 2.05) is 42.0 Å². The molecule has 2 rings (SSSR count). The second-order valence-electron chi connectivity index (χ2n) is 4.34. The van der Waals surface area contributed by atoms with Crippen molar-refractivity contribution in [2.75, 3.05) is 7.05 Å². The van der Waals surface area contributed by atoms with Crippen LogP contribution in [0.25, 0.3) is 0 Å². The Balaban J connectivity index is 1.88. The summed E-state index contributed by atoms with van der Waals surface area (Å²) in [7, 11) is 2.02. The van der Waals surface area contributed by atoms with Crippen LogP contribution in [0, 0.1) is 6.92 Å². The van der Waals surface area contributed by atoms with E-state index in [0.717, 1.165) is 11.4 Å². The molecule has 0 radical (unpaired) electrons. The van der Waals surface area contributed by atoms with Crippen LogP contribution in [0.5, 0.6) is 0 Å². The lowest BCUT2D eigenvalue weighted by Crippen LogP contribution is -2.05. The van der Waals surface area contributed by atoms with Gasteiger partial charge in [0.2, 0.25) is 0 Å². The molecule has 0 spiro atoms. The van der Waals surface area contributed by atoms with Crippen LogP contribution in [0.15, 0.2) is 59.6 Å². The molecular weight excluding hydrogens is 252 g/mol. The van der Waals surface area contributed by atoms with Gasteiger partial charge in [0.1, 0.15) is 6.34 Å². The lowest BCUT2D eigenvalue weighted by molar-refractivity contribution is 0.868. The predicted molar refractivity (Wildman–Crippen MR) is 84.8 cm³/mol. The molecule has 2 aromatic rings. The summed E-state index contributed by atoms with van der Waals surface area (Å²) < 4.78 is 2.04. The summed E-state index contributed by atoms with van der Waals surface area (Å²) in [5, 5.41) is 0. The minimum absolute atomic E-state index is 0.955. The average molecular weight is 270 g/mol. The maximum absolute atomic E-state index is 4.50. The summed E-state index contributed by atoms with van der Waals surface area (Å²) in [6, 6.07) is 18.6. The van der Waals surface area contributed by atoms with Gasteiger partial charge in [-0.1, -0.05) is 48.5 Å². The molecule has 0 fully saturated rings. The van der Waals surface area contributed by atoms with Crippen molar-refractivity contribution in [1.29, 1.82) is 0 Å². The molecule has 0 aromatic heterocycles. The smallest absolute Gasteiger partial charge is 0.101 e. The monoisotopic (exact) mass is 270 g/mol. The number of rotatable bonds is 5. The Labute approximate surface area is 119 Å². The van der Waals surface area contributed by atoms with E-state index >= 15 is 0 Å². The number of para-hydroxylation sites is 1. The van der Waals surface area contributed by atoms with E-state index in [2.05, 4.69) is 42.2 Å². The molecule has 0 atom stereocenters. The van der Waals surface area contributed by atoms with E-state index in [1.54, 1.807) is 11.9 Å². The van der Waals surface area contributed by atoms with E-state index in [0.29, 0.717) is 0 Å². The van der Waals surface area contributed by atoms with Crippen molar-refractivity contribution in [2.24, 2.45) is 4.99 Å². The number of nitrogens with zero attached hydrogens (tertiary/aromatic N) is 2. The van der Waals surface area contributed by atoms with Crippen LogP contribution in [-0.4, -0.2) is 17.7 Å². The summed E-state index contributed by atoms with van der Waals surface area (Å²) in [4.78, 5) is 4.50. The van der Waals surface area contributed by atoms with Crippen molar-refractivity contribution >= 4 is 24.0 Å². The SMILES string of the molecule is Cc1ccccc1N=CN(C)SCc1ccccc1. The van der Waals surface area contributed by atoms with Gasteiger partial charge in [0.15, 0.2) is 0 Å². The van der Waals surface area contributed by atoms with Crippen LogP contribution >= 0.6 is 11.9 Å². The molecule has 0 aliphatic carbocycles. The Hall–Kier alpha value is -1.74. The molecule has 0 heterocycles. The van der Waals surface area contributed by atoms with Crippen LogP contribution < -0.4 is 0 Å². The van der Waals surface area contributed by atoms with Gasteiger partial charge in [-0.05, 0) is 36.1 Å². The Kier molecular flexibility index (Phi) is 5.04. The zero-order valence-electron chi connectivity index (χ0n) is 11.3. The van der Waals surface area contributed by atoms with Gasteiger partial charge >= 0.3 is 0 Å². The zero-order chi connectivity index (χ0) is 13.5. The van der Waals surface area contributed by atoms with E-state index in [4.69, 9.17) is 0 Å². The third kappa shape index (κ3) is 4.45. The Morgan fingerprint density at radius 1 is 1.05 bits per heavy atom. The van der Waals surface area contributed by atoms with Crippen molar-refractivity contribution in [3.63, 3.8) is 0 Å². The van der Waals surface area contributed by atoms with Gasteiger partial charge in [-0.2, -0.15) is 0 Å².